The van der Waals surface area contributed by atoms with Crippen LogP contribution in [0.25, 0.3) is 10.4 Å². The standard InChI is InChI=1S/C13H15N3O5/c14-16-15-9(6-17)11(19)12-10(18)7-20-13(21-12)8-4-2-1-3-5-8/h1-6,9-13,18-19H,7H2/t9-,10+,11+,12+,13?/m0/s1. The highest BCUT2D eigenvalue weighted by atomic mass is 16.7. The smallest absolute Gasteiger partial charge is 0.184 e. The molecule has 1 aromatic carbocycles. The third-order valence-corrected chi connectivity index (χ3v) is 3.16. The third kappa shape index (κ3) is 3.57. The summed E-state index contributed by atoms with van der Waals surface area (Å²) in [6.07, 6.45) is -4.13. The fourth-order valence-electron chi connectivity index (χ4n) is 2.08. The molecule has 0 bridgehead atoms. The van der Waals surface area contributed by atoms with E-state index in [-0.39, 0.29) is 6.61 Å². The fraction of sp³-hybridized carbons (Fsp3) is 0.462. The minimum atomic E-state index is -1.46. The predicted octanol–water partition coefficient (Wildman–Crippen LogP) is 0.700. The Kier molecular flexibility index (Phi) is 5.26. The molecule has 0 aromatic heterocycles. The molecule has 0 saturated carbocycles. The van der Waals surface area contributed by atoms with Gasteiger partial charge in [-0.05, 0) is 5.53 Å². The van der Waals surface area contributed by atoms with Gasteiger partial charge in [-0.25, -0.2) is 0 Å². The molecule has 0 aliphatic carbocycles. The number of aliphatic hydroxyl groups excluding tert-OH is 2. The van der Waals surface area contributed by atoms with Crippen molar-refractivity contribution in [3.05, 3.63) is 46.3 Å². The van der Waals surface area contributed by atoms with Gasteiger partial charge in [0, 0.05) is 10.5 Å². The number of azide groups is 1. The Balaban J connectivity index is 2.14. The first-order chi connectivity index (χ1) is 10.2. The van der Waals surface area contributed by atoms with Gasteiger partial charge in [-0.15, -0.1) is 0 Å². The summed E-state index contributed by atoms with van der Waals surface area (Å²) >= 11 is 0. The molecule has 1 unspecified atom stereocenters. The number of hydrogen-bond donors (Lipinski definition) is 2. The fourth-order valence-corrected chi connectivity index (χ4v) is 2.08. The first-order valence-corrected chi connectivity index (χ1v) is 6.35. The number of carbonyl (C=O) groups excluding carboxylic acids is 1. The molecule has 0 spiro atoms. The molecule has 0 amide bonds. The first kappa shape index (κ1) is 15.4. The lowest BCUT2D eigenvalue weighted by atomic mass is 10.0. The van der Waals surface area contributed by atoms with E-state index in [0.29, 0.717) is 11.8 Å². The minimum Gasteiger partial charge on any atom is -0.389 e. The van der Waals surface area contributed by atoms with Crippen molar-refractivity contribution in [2.45, 2.75) is 30.6 Å². The van der Waals surface area contributed by atoms with E-state index in [1.165, 1.54) is 0 Å². The lowest BCUT2D eigenvalue weighted by Gasteiger charge is -2.37. The summed E-state index contributed by atoms with van der Waals surface area (Å²) in [4.78, 5) is 13.3. The molecule has 1 aromatic rings. The Morgan fingerprint density at radius 3 is 2.76 bits per heavy atom. The quantitative estimate of drug-likeness (QED) is 0.358. The zero-order valence-electron chi connectivity index (χ0n) is 11.0. The van der Waals surface area contributed by atoms with Gasteiger partial charge in [-0.3, -0.25) is 0 Å². The summed E-state index contributed by atoms with van der Waals surface area (Å²) in [5.41, 5.74) is 9.09. The maximum atomic E-state index is 10.8. The number of rotatable bonds is 5. The Hall–Kier alpha value is -1.96. The van der Waals surface area contributed by atoms with Gasteiger partial charge >= 0.3 is 0 Å². The molecule has 1 fully saturated rings. The number of aliphatic hydroxyl groups is 2. The van der Waals surface area contributed by atoms with Crippen LogP contribution in [0.5, 0.6) is 0 Å². The molecule has 2 rings (SSSR count). The maximum Gasteiger partial charge on any atom is 0.184 e. The van der Waals surface area contributed by atoms with Crippen molar-refractivity contribution in [3.8, 4) is 0 Å². The minimum absolute atomic E-state index is 0.0663. The van der Waals surface area contributed by atoms with Crippen LogP contribution in [0.3, 0.4) is 0 Å². The maximum absolute atomic E-state index is 10.8. The number of aldehydes is 1. The molecule has 1 aliphatic heterocycles. The lowest BCUT2D eigenvalue weighted by Crippen LogP contribution is -2.51. The summed E-state index contributed by atoms with van der Waals surface area (Å²) in [6.45, 7) is -0.0663. The summed E-state index contributed by atoms with van der Waals surface area (Å²) in [7, 11) is 0. The molecule has 1 aliphatic rings. The SMILES string of the molecule is [N-]=[N+]=N[C@@H](C=O)[C@@H](O)[C@@H]1OC(c2ccccc2)OC[C@H]1O. The van der Waals surface area contributed by atoms with E-state index < -0.39 is 30.6 Å². The molecule has 8 nitrogen and oxygen atoms in total. The molecule has 8 heteroatoms. The molecular formula is C13H15N3O5. The van der Waals surface area contributed by atoms with E-state index in [1.54, 1.807) is 24.3 Å². The second-order valence-electron chi connectivity index (χ2n) is 4.57. The summed E-state index contributed by atoms with van der Waals surface area (Å²) in [5.74, 6) is 0. The summed E-state index contributed by atoms with van der Waals surface area (Å²) in [6, 6.07) is 7.65. The molecule has 1 heterocycles. The van der Waals surface area contributed by atoms with Gasteiger partial charge in [0.1, 0.15) is 24.5 Å². The van der Waals surface area contributed by atoms with Crippen LogP contribution in [0, 0.1) is 0 Å². The van der Waals surface area contributed by atoms with Gasteiger partial charge in [0.05, 0.1) is 12.7 Å². The Morgan fingerprint density at radius 1 is 1.43 bits per heavy atom. The van der Waals surface area contributed by atoms with Crippen LogP contribution in [-0.4, -0.2) is 47.5 Å². The van der Waals surface area contributed by atoms with Crippen molar-refractivity contribution in [1.29, 1.82) is 0 Å². The largest absolute Gasteiger partial charge is 0.389 e. The number of nitrogens with zero attached hydrogens (tertiary/aromatic N) is 3. The first-order valence-electron chi connectivity index (χ1n) is 6.35. The Morgan fingerprint density at radius 2 is 2.14 bits per heavy atom. The number of benzene rings is 1. The average molecular weight is 293 g/mol. The normalized spacial score (nSPS) is 28.2. The van der Waals surface area contributed by atoms with Crippen molar-refractivity contribution >= 4 is 6.29 Å². The van der Waals surface area contributed by atoms with Crippen LogP contribution in [0.2, 0.25) is 0 Å². The molecule has 0 radical (unpaired) electrons. The van der Waals surface area contributed by atoms with Crippen LogP contribution in [0.1, 0.15) is 11.9 Å². The van der Waals surface area contributed by atoms with E-state index >= 15 is 0 Å². The van der Waals surface area contributed by atoms with Crippen molar-refractivity contribution in [2.24, 2.45) is 5.11 Å². The molecule has 1 saturated heterocycles. The van der Waals surface area contributed by atoms with E-state index in [2.05, 4.69) is 10.0 Å². The van der Waals surface area contributed by atoms with Gasteiger partial charge in [0.2, 0.25) is 0 Å². The highest BCUT2D eigenvalue weighted by molar-refractivity contribution is 5.59. The molecule has 21 heavy (non-hydrogen) atoms. The van der Waals surface area contributed by atoms with Crippen LogP contribution in [-0.2, 0) is 14.3 Å². The molecule has 2 N–H and O–H groups in total. The Bertz CT molecular complexity index is 520. The molecule has 112 valence electrons. The second kappa shape index (κ2) is 7.16. The van der Waals surface area contributed by atoms with Gasteiger partial charge in [-0.2, -0.15) is 0 Å². The third-order valence-electron chi connectivity index (χ3n) is 3.16. The van der Waals surface area contributed by atoms with Gasteiger partial charge in [0.25, 0.3) is 0 Å². The van der Waals surface area contributed by atoms with Crippen LogP contribution in [0.4, 0.5) is 0 Å². The summed E-state index contributed by atoms with van der Waals surface area (Å²) in [5, 5.41) is 23.1. The zero-order valence-corrected chi connectivity index (χ0v) is 11.0. The number of hydrogen-bond acceptors (Lipinski definition) is 6. The Labute approximate surface area is 120 Å². The van der Waals surface area contributed by atoms with Crippen LogP contribution < -0.4 is 0 Å². The van der Waals surface area contributed by atoms with E-state index in [1.807, 2.05) is 6.07 Å². The van der Waals surface area contributed by atoms with Crippen LogP contribution in [0.15, 0.2) is 35.4 Å². The second-order valence-corrected chi connectivity index (χ2v) is 4.57. The predicted molar refractivity (Wildman–Crippen MR) is 71.0 cm³/mol. The number of ether oxygens (including phenoxy) is 2. The van der Waals surface area contributed by atoms with Crippen molar-refractivity contribution < 1.29 is 24.5 Å². The van der Waals surface area contributed by atoms with Crippen molar-refractivity contribution in [1.82, 2.24) is 0 Å². The van der Waals surface area contributed by atoms with Crippen molar-refractivity contribution in [2.75, 3.05) is 6.61 Å². The van der Waals surface area contributed by atoms with Gasteiger partial charge < -0.3 is 24.5 Å². The average Bonchev–Trinajstić information content (AvgIpc) is 2.53. The lowest BCUT2D eigenvalue weighted by molar-refractivity contribution is -0.276. The van der Waals surface area contributed by atoms with Gasteiger partial charge in [-0.1, -0.05) is 35.4 Å². The zero-order chi connectivity index (χ0) is 15.2. The monoisotopic (exact) mass is 293 g/mol. The van der Waals surface area contributed by atoms with E-state index in [0.717, 1.165) is 0 Å². The van der Waals surface area contributed by atoms with Crippen LogP contribution >= 0.6 is 0 Å². The highest BCUT2D eigenvalue weighted by Crippen LogP contribution is 2.28. The summed E-state index contributed by atoms with van der Waals surface area (Å²) < 4.78 is 10.9. The molecular weight excluding hydrogens is 278 g/mol. The molecule has 5 atom stereocenters. The van der Waals surface area contributed by atoms with Gasteiger partial charge in [0.15, 0.2) is 6.29 Å². The van der Waals surface area contributed by atoms with Crippen molar-refractivity contribution in [3.63, 3.8) is 0 Å². The highest BCUT2D eigenvalue weighted by Gasteiger charge is 2.39. The topological polar surface area (TPSA) is 125 Å². The van der Waals surface area contributed by atoms with E-state index in [4.69, 9.17) is 15.0 Å². The van der Waals surface area contributed by atoms with E-state index in [9.17, 15) is 15.0 Å². The number of carbonyl (C=O) groups is 1.